The van der Waals surface area contributed by atoms with Crippen LogP contribution in [0, 0.1) is 0 Å². The van der Waals surface area contributed by atoms with Crippen LogP contribution in [-0.2, 0) is 11.2 Å². The fourth-order valence-corrected chi connectivity index (χ4v) is 2.75. The molecule has 0 aliphatic carbocycles. The van der Waals surface area contributed by atoms with Gasteiger partial charge in [-0.1, -0.05) is 60.7 Å². The van der Waals surface area contributed by atoms with Crippen molar-refractivity contribution in [3.8, 4) is 11.1 Å². The van der Waals surface area contributed by atoms with Crippen LogP contribution < -0.4 is 0 Å². The number of carbonyl (C=O) groups is 1. The topological polar surface area (TPSA) is 39.2 Å². The molecule has 126 valence electrons. The summed E-state index contributed by atoms with van der Waals surface area (Å²) in [5, 5.41) is 0. The minimum atomic E-state index is -0.313. The third-order valence-electron chi connectivity index (χ3n) is 4.06. The maximum Gasteiger partial charge on any atom is 0.340 e. The summed E-state index contributed by atoms with van der Waals surface area (Å²) in [5.41, 5.74) is 3.66. The van der Waals surface area contributed by atoms with Gasteiger partial charge in [-0.3, -0.25) is 4.98 Å². The van der Waals surface area contributed by atoms with E-state index in [1.165, 1.54) is 5.56 Å². The first-order chi connectivity index (χ1) is 12.3. The molecule has 25 heavy (non-hydrogen) atoms. The van der Waals surface area contributed by atoms with Crippen LogP contribution in [-0.4, -0.2) is 17.6 Å². The summed E-state index contributed by atoms with van der Waals surface area (Å²) in [4.78, 5) is 16.5. The predicted molar refractivity (Wildman–Crippen MR) is 99.3 cm³/mol. The lowest BCUT2D eigenvalue weighted by atomic mass is 10.0. The summed E-state index contributed by atoms with van der Waals surface area (Å²) in [6.07, 6.45) is 6.12. The molecule has 1 heterocycles. The third kappa shape index (κ3) is 4.77. The van der Waals surface area contributed by atoms with Crippen molar-refractivity contribution in [1.29, 1.82) is 0 Å². The molecule has 0 unspecified atom stereocenters. The number of aryl methyl sites for hydroxylation is 1. The highest BCUT2D eigenvalue weighted by Crippen LogP contribution is 2.23. The molecule has 0 bridgehead atoms. The Hall–Kier alpha value is -2.94. The van der Waals surface area contributed by atoms with Crippen molar-refractivity contribution in [1.82, 2.24) is 4.98 Å². The number of esters is 1. The van der Waals surface area contributed by atoms with Gasteiger partial charge in [-0.25, -0.2) is 4.79 Å². The molecule has 0 atom stereocenters. The average molecular weight is 331 g/mol. The Labute approximate surface area is 148 Å². The number of hydrogen-bond donors (Lipinski definition) is 0. The van der Waals surface area contributed by atoms with Gasteiger partial charge < -0.3 is 4.74 Å². The summed E-state index contributed by atoms with van der Waals surface area (Å²) in [7, 11) is 0. The molecule has 3 heteroatoms. The molecule has 0 spiro atoms. The molecule has 0 fully saturated rings. The highest BCUT2D eigenvalue weighted by atomic mass is 16.5. The van der Waals surface area contributed by atoms with E-state index in [4.69, 9.17) is 4.74 Å². The van der Waals surface area contributed by atoms with Gasteiger partial charge in [0, 0.05) is 12.4 Å². The molecular formula is C22H21NO2. The van der Waals surface area contributed by atoms with Crippen molar-refractivity contribution in [2.24, 2.45) is 0 Å². The lowest BCUT2D eigenvalue weighted by Gasteiger charge is -2.09. The Balaban J connectivity index is 1.54. The first-order valence-corrected chi connectivity index (χ1v) is 8.55. The fourth-order valence-electron chi connectivity index (χ4n) is 2.75. The molecule has 0 amide bonds. The van der Waals surface area contributed by atoms with E-state index in [2.05, 4.69) is 17.1 Å². The maximum atomic E-state index is 12.4. The lowest BCUT2D eigenvalue weighted by molar-refractivity contribution is 0.0499. The Bertz CT molecular complexity index is 801. The average Bonchev–Trinajstić information content (AvgIpc) is 2.69. The summed E-state index contributed by atoms with van der Waals surface area (Å²) in [6.45, 7) is 0.425. The van der Waals surface area contributed by atoms with Crippen LogP contribution in [0.5, 0.6) is 0 Å². The zero-order valence-electron chi connectivity index (χ0n) is 14.1. The van der Waals surface area contributed by atoms with Crippen LogP contribution in [0.15, 0.2) is 79.1 Å². The quantitative estimate of drug-likeness (QED) is 0.455. The number of pyridine rings is 1. The summed E-state index contributed by atoms with van der Waals surface area (Å²) < 4.78 is 5.45. The third-order valence-corrected chi connectivity index (χ3v) is 4.06. The normalized spacial score (nSPS) is 10.4. The molecule has 0 radical (unpaired) electrons. The van der Waals surface area contributed by atoms with Gasteiger partial charge in [0.2, 0.25) is 0 Å². The largest absolute Gasteiger partial charge is 0.462 e. The van der Waals surface area contributed by atoms with Gasteiger partial charge in [0.15, 0.2) is 0 Å². The Morgan fingerprint density at radius 1 is 0.880 bits per heavy atom. The fraction of sp³-hybridized carbons (Fsp3) is 0.182. The zero-order chi connectivity index (χ0) is 17.3. The number of benzene rings is 2. The van der Waals surface area contributed by atoms with Crippen LogP contribution in [0.4, 0.5) is 0 Å². The van der Waals surface area contributed by atoms with Crippen molar-refractivity contribution in [2.45, 2.75) is 19.3 Å². The molecule has 0 saturated carbocycles. The van der Waals surface area contributed by atoms with E-state index < -0.39 is 0 Å². The van der Waals surface area contributed by atoms with Gasteiger partial charge in [-0.15, -0.1) is 0 Å². The van der Waals surface area contributed by atoms with E-state index in [9.17, 15) is 4.79 Å². The van der Waals surface area contributed by atoms with Crippen LogP contribution in [0.1, 0.15) is 28.8 Å². The van der Waals surface area contributed by atoms with E-state index in [0.717, 1.165) is 30.4 Å². The van der Waals surface area contributed by atoms with Crippen molar-refractivity contribution < 1.29 is 9.53 Å². The molecule has 1 aromatic heterocycles. The Morgan fingerprint density at radius 3 is 2.36 bits per heavy atom. The molecule has 0 saturated heterocycles. The molecule has 3 nitrogen and oxygen atoms in total. The monoisotopic (exact) mass is 331 g/mol. The summed E-state index contributed by atoms with van der Waals surface area (Å²) in [5.74, 6) is -0.313. The van der Waals surface area contributed by atoms with Gasteiger partial charge in [0.25, 0.3) is 0 Å². The number of unbranched alkanes of at least 4 members (excludes halogenated alkanes) is 1. The summed E-state index contributed by atoms with van der Waals surface area (Å²) in [6, 6.07) is 22.0. The van der Waals surface area contributed by atoms with Crippen LogP contribution in [0.25, 0.3) is 11.1 Å². The van der Waals surface area contributed by atoms with Crippen LogP contribution in [0.2, 0.25) is 0 Å². The molecule has 0 aliphatic heterocycles. The van der Waals surface area contributed by atoms with Crippen molar-refractivity contribution in [3.63, 3.8) is 0 Å². The van der Waals surface area contributed by atoms with E-state index >= 15 is 0 Å². The number of rotatable bonds is 7. The molecular weight excluding hydrogens is 310 g/mol. The molecule has 2 aromatic carbocycles. The SMILES string of the molecule is O=C(OCCCCc1ccccc1)c1cnccc1-c1ccccc1. The molecule has 3 aromatic rings. The minimum absolute atomic E-state index is 0.313. The number of carbonyl (C=O) groups excluding carboxylic acids is 1. The first kappa shape index (κ1) is 16.9. The number of aromatic nitrogens is 1. The molecule has 0 N–H and O–H groups in total. The minimum Gasteiger partial charge on any atom is -0.462 e. The van der Waals surface area contributed by atoms with E-state index in [1.54, 1.807) is 12.4 Å². The second-order valence-electron chi connectivity index (χ2n) is 5.87. The number of nitrogens with zero attached hydrogens (tertiary/aromatic N) is 1. The zero-order valence-corrected chi connectivity index (χ0v) is 14.1. The van der Waals surface area contributed by atoms with Gasteiger partial charge >= 0.3 is 5.97 Å². The predicted octanol–water partition coefficient (Wildman–Crippen LogP) is 4.93. The van der Waals surface area contributed by atoms with Crippen LogP contribution >= 0.6 is 0 Å². The maximum absolute atomic E-state index is 12.4. The smallest absolute Gasteiger partial charge is 0.340 e. The number of ether oxygens (including phenoxy) is 1. The number of hydrogen-bond acceptors (Lipinski definition) is 3. The Morgan fingerprint density at radius 2 is 1.60 bits per heavy atom. The standard InChI is InChI=1S/C22H21NO2/c24-22(25-16-8-7-11-18-9-3-1-4-10-18)21-17-23-15-14-20(21)19-12-5-2-6-13-19/h1-6,9-10,12-15,17H,7-8,11,16H2. The highest BCUT2D eigenvalue weighted by molar-refractivity contribution is 5.96. The van der Waals surface area contributed by atoms with Gasteiger partial charge in [-0.05, 0) is 42.0 Å². The van der Waals surface area contributed by atoms with Gasteiger partial charge in [0.05, 0.1) is 12.2 Å². The van der Waals surface area contributed by atoms with Crippen molar-refractivity contribution >= 4 is 5.97 Å². The van der Waals surface area contributed by atoms with Gasteiger partial charge in [0.1, 0.15) is 0 Å². The summed E-state index contributed by atoms with van der Waals surface area (Å²) >= 11 is 0. The molecule has 0 aliphatic rings. The van der Waals surface area contributed by atoms with Crippen molar-refractivity contribution in [3.05, 3.63) is 90.3 Å². The van der Waals surface area contributed by atoms with Crippen molar-refractivity contribution in [2.75, 3.05) is 6.61 Å². The van der Waals surface area contributed by atoms with E-state index in [-0.39, 0.29) is 5.97 Å². The van der Waals surface area contributed by atoms with E-state index in [1.807, 2.05) is 54.6 Å². The molecule has 3 rings (SSSR count). The van der Waals surface area contributed by atoms with Crippen LogP contribution in [0.3, 0.4) is 0 Å². The second-order valence-corrected chi connectivity index (χ2v) is 5.87. The second kappa shape index (κ2) is 8.78. The van der Waals surface area contributed by atoms with Gasteiger partial charge in [-0.2, -0.15) is 0 Å². The Kier molecular flexibility index (Phi) is 5.94. The van der Waals surface area contributed by atoms with E-state index in [0.29, 0.717) is 12.2 Å². The highest BCUT2D eigenvalue weighted by Gasteiger charge is 2.14. The lowest BCUT2D eigenvalue weighted by Crippen LogP contribution is -2.08. The first-order valence-electron chi connectivity index (χ1n) is 8.55.